The Balaban J connectivity index is 0.000000568. The van der Waals surface area contributed by atoms with Crippen LogP contribution in [0.1, 0.15) is 55.4 Å². The topological polar surface area (TPSA) is 71.1 Å². The van der Waals surface area contributed by atoms with Crippen molar-refractivity contribution in [3.63, 3.8) is 0 Å². The van der Waals surface area contributed by atoms with Crippen LogP contribution in [-0.4, -0.2) is 22.4 Å². The Bertz CT molecular complexity index is 775. The van der Waals surface area contributed by atoms with Crippen LogP contribution in [0.4, 0.5) is 0 Å². The third kappa shape index (κ3) is 6.28. The summed E-state index contributed by atoms with van der Waals surface area (Å²) in [5.41, 5.74) is -3.14. The summed E-state index contributed by atoms with van der Waals surface area (Å²) >= 11 is 0. The summed E-state index contributed by atoms with van der Waals surface area (Å²) in [5, 5.41) is 0.211. The zero-order valence-electron chi connectivity index (χ0n) is 20.5. The minimum Gasteiger partial charge on any atom is -0.296 e. The first-order valence-electron chi connectivity index (χ1n) is 10.7. The second-order valence-electron chi connectivity index (χ2n) is 10.1. The summed E-state index contributed by atoms with van der Waals surface area (Å²) < 4.78 is 50.7. The van der Waals surface area contributed by atoms with E-state index < -0.39 is 37.6 Å². The van der Waals surface area contributed by atoms with Gasteiger partial charge >= 0.3 is 32.3 Å². The molecule has 2 aliphatic heterocycles. The van der Waals surface area contributed by atoms with Crippen molar-refractivity contribution in [2.24, 2.45) is 0 Å². The molecule has 6 nitrogen and oxygen atoms in total. The van der Waals surface area contributed by atoms with Crippen molar-refractivity contribution in [3.05, 3.63) is 74.8 Å². The fourth-order valence-corrected chi connectivity index (χ4v) is 8.82. The van der Waals surface area contributed by atoms with Gasteiger partial charge in [-0.3, -0.25) is 27.2 Å². The summed E-state index contributed by atoms with van der Waals surface area (Å²) in [6, 6.07) is 0. The second-order valence-corrected chi connectivity index (χ2v) is 13.6. The molecule has 0 aromatic heterocycles. The molecular formula is C24H34FeO6P2+2. The molecular weight excluding hydrogens is 502 g/mol. The number of allylic oxidation sites excluding steroid dienone is 1. The standard InChI is InChI=1S/C19H29O6P2.C5H5.Fe/c1-16(2)17(3,4)23-26(20,22-16)13-15(14-11-9-10-12-14)27(21)24-18(5,6)19(7,8)25-27;1-2-4-5-3-1;/h9-13H,1-8H3;1-5H;/q;;+2/b15-13-;;. The first-order chi connectivity index (χ1) is 14.5. The van der Waals surface area contributed by atoms with Crippen LogP contribution in [0.3, 0.4) is 0 Å². The zero-order chi connectivity index (χ0) is 24.1. The summed E-state index contributed by atoms with van der Waals surface area (Å²) in [7, 11) is -7.44. The van der Waals surface area contributed by atoms with Crippen LogP contribution < -0.4 is 0 Å². The minimum absolute atomic E-state index is 0. The first-order valence-corrected chi connectivity index (χ1v) is 13.8. The van der Waals surface area contributed by atoms with E-state index in [0.29, 0.717) is 5.92 Å². The van der Waals surface area contributed by atoms with Gasteiger partial charge in [-0.1, -0.05) is 0 Å². The molecule has 0 unspecified atom stereocenters. The SMILES string of the molecule is CC1(C)OP(=O)(/C=C(/[C]2[CH][CH][CH][CH]2)P2(=O)OC(C)(C)C(C)(C)O2)OC1(C)C.[CH]1[CH][CH][CH][CH]1.[Fe+2]. The van der Waals surface area contributed by atoms with Crippen LogP contribution in [0.25, 0.3) is 0 Å². The Hall–Kier alpha value is 0.559. The molecule has 0 aromatic carbocycles. The van der Waals surface area contributed by atoms with E-state index >= 15 is 0 Å². The molecule has 2 saturated heterocycles. The van der Waals surface area contributed by atoms with Gasteiger partial charge in [0.15, 0.2) is 0 Å². The molecule has 2 saturated carbocycles. The van der Waals surface area contributed by atoms with Crippen molar-refractivity contribution in [2.45, 2.75) is 77.8 Å². The molecule has 0 bridgehead atoms. The third-order valence-electron chi connectivity index (χ3n) is 6.40. The number of hydrogen-bond acceptors (Lipinski definition) is 6. The summed E-state index contributed by atoms with van der Waals surface area (Å²) in [6.07, 6.45) is 17.2. The molecule has 9 heteroatoms. The van der Waals surface area contributed by atoms with Gasteiger partial charge in [-0.05, 0) is 113 Å². The van der Waals surface area contributed by atoms with Crippen LogP contribution in [0, 0.1) is 63.7 Å². The maximum Gasteiger partial charge on any atom is 2.00 e. The van der Waals surface area contributed by atoms with Crippen molar-refractivity contribution in [1.82, 2.24) is 0 Å². The van der Waals surface area contributed by atoms with E-state index in [-0.39, 0.29) is 22.4 Å². The smallest absolute Gasteiger partial charge is 0.296 e. The minimum atomic E-state index is -3.76. The predicted molar refractivity (Wildman–Crippen MR) is 126 cm³/mol. The van der Waals surface area contributed by atoms with Crippen LogP contribution >= 0.6 is 15.2 Å². The molecule has 0 atom stereocenters. The molecule has 4 fully saturated rings. The molecule has 0 N–H and O–H groups in total. The van der Waals surface area contributed by atoms with Crippen LogP contribution in [-0.2, 0) is 44.3 Å². The molecule has 0 amide bonds. The van der Waals surface area contributed by atoms with E-state index in [0.717, 1.165) is 0 Å². The molecule has 0 aromatic rings. The van der Waals surface area contributed by atoms with Gasteiger partial charge in [-0.2, -0.15) is 0 Å². The van der Waals surface area contributed by atoms with Gasteiger partial charge in [0, 0.05) is 11.7 Å². The molecule has 2 heterocycles. The maximum atomic E-state index is 13.8. The van der Waals surface area contributed by atoms with Gasteiger partial charge in [-0.15, -0.1) is 0 Å². The van der Waals surface area contributed by atoms with Crippen LogP contribution in [0.2, 0.25) is 0 Å². The van der Waals surface area contributed by atoms with Crippen LogP contribution in [0.5, 0.6) is 0 Å². The second kappa shape index (κ2) is 10.1. The zero-order valence-corrected chi connectivity index (χ0v) is 23.4. The van der Waals surface area contributed by atoms with Crippen molar-refractivity contribution in [2.75, 3.05) is 0 Å². The Morgan fingerprint density at radius 3 is 1.33 bits per heavy atom. The third-order valence-corrected chi connectivity index (χ3v) is 11.0. The molecule has 4 aliphatic rings. The predicted octanol–water partition coefficient (Wildman–Crippen LogP) is 6.85. The number of rotatable bonds is 3. The van der Waals surface area contributed by atoms with Crippen LogP contribution in [0.15, 0.2) is 11.1 Å². The summed E-state index contributed by atoms with van der Waals surface area (Å²) in [4.78, 5) is 0. The molecule has 33 heavy (non-hydrogen) atoms. The van der Waals surface area contributed by atoms with E-state index in [1.54, 1.807) is 12.8 Å². The Kier molecular flexibility index (Phi) is 9.15. The van der Waals surface area contributed by atoms with E-state index in [1.807, 2.05) is 100 Å². The van der Waals surface area contributed by atoms with E-state index in [2.05, 4.69) is 0 Å². The van der Waals surface area contributed by atoms with Gasteiger partial charge in [0.05, 0.1) is 5.31 Å². The van der Waals surface area contributed by atoms with E-state index in [1.165, 1.54) is 5.82 Å². The fourth-order valence-electron chi connectivity index (χ4n) is 3.18. The normalized spacial score (nSPS) is 31.0. The van der Waals surface area contributed by atoms with Crippen molar-refractivity contribution in [1.29, 1.82) is 0 Å². The molecule has 4 rings (SSSR count). The Morgan fingerprint density at radius 1 is 0.636 bits per heavy atom. The summed E-state index contributed by atoms with van der Waals surface area (Å²) in [6.45, 7) is 14.6. The number of hydrogen-bond donors (Lipinski definition) is 0. The van der Waals surface area contributed by atoms with E-state index in [9.17, 15) is 9.13 Å². The van der Waals surface area contributed by atoms with Crippen molar-refractivity contribution >= 4 is 15.2 Å². The van der Waals surface area contributed by atoms with Crippen molar-refractivity contribution < 1.29 is 44.3 Å². The van der Waals surface area contributed by atoms with Gasteiger partial charge in [0.25, 0.3) is 0 Å². The summed E-state index contributed by atoms with van der Waals surface area (Å²) in [5.74, 6) is 1.92. The largest absolute Gasteiger partial charge is 2.00 e. The first kappa shape index (κ1) is 29.8. The van der Waals surface area contributed by atoms with Gasteiger partial charge in [0.2, 0.25) is 0 Å². The average Bonchev–Trinajstić information content (AvgIpc) is 3.36. The van der Waals surface area contributed by atoms with Crippen molar-refractivity contribution in [3.8, 4) is 0 Å². The van der Waals surface area contributed by atoms with Gasteiger partial charge in [0.1, 0.15) is 22.4 Å². The monoisotopic (exact) mass is 536 g/mol. The quantitative estimate of drug-likeness (QED) is 0.291. The Morgan fingerprint density at radius 2 is 0.970 bits per heavy atom. The average molecular weight is 536 g/mol. The molecule has 0 spiro atoms. The molecule has 10 radical (unpaired) electrons. The molecule has 2 aliphatic carbocycles. The van der Waals surface area contributed by atoms with E-state index in [4.69, 9.17) is 18.1 Å². The Labute approximate surface area is 211 Å². The maximum absolute atomic E-state index is 13.8. The molecule has 182 valence electrons. The van der Waals surface area contributed by atoms with Gasteiger partial charge < -0.3 is 0 Å². The fraction of sp³-hybridized carbons (Fsp3) is 0.500. The van der Waals surface area contributed by atoms with Gasteiger partial charge in [-0.25, -0.2) is 0 Å².